The van der Waals surface area contributed by atoms with E-state index >= 15 is 0 Å². The molecular weight excluding hydrogens is 439 g/mol. The Bertz CT molecular complexity index is 1240. The molecule has 3 aromatic rings. The maximum absolute atomic E-state index is 13.9. The highest BCUT2D eigenvalue weighted by Gasteiger charge is 2.34. The summed E-state index contributed by atoms with van der Waals surface area (Å²) in [6.07, 6.45) is 0. The van der Waals surface area contributed by atoms with Crippen molar-refractivity contribution in [1.82, 2.24) is 10.6 Å². The average molecular weight is 462 g/mol. The number of hydrogen-bond acceptors (Lipinski definition) is 5. The Kier molecular flexibility index (Phi) is 6.77. The van der Waals surface area contributed by atoms with Gasteiger partial charge in [0.2, 0.25) is 0 Å². The van der Waals surface area contributed by atoms with Crippen LogP contribution in [-0.4, -0.2) is 26.2 Å². The summed E-state index contributed by atoms with van der Waals surface area (Å²) in [6.45, 7) is 0.0118. The van der Waals surface area contributed by atoms with Crippen molar-refractivity contribution in [1.29, 1.82) is 0 Å². The molecule has 0 fully saturated rings. The third kappa shape index (κ3) is 4.71. The minimum atomic E-state index is -0.800. The molecule has 0 spiro atoms. The van der Waals surface area contributed by atoms with Crippen LogP contribution in [0.1, 0.15) is 22.7 Å². The molecule has 174 valence electrons. The minimum absolute atomic E-state index is 0.0118. The largest absolute Gasteiger partial charge is 0.493 e. The third-order valence-corrected chi connectivity index (χ3v) is 5.40. The summed E-state index contributed by atoms with van der Waals surface area (Å²) < 4.78 is 30.2. The number of methoxy groups -OCH3 is 2. The molecule has 8 heteroatoms. The molecule has 0 saturated heterocycles. The van der Waals surface area contributed by atoms with Crippen LogP contribution >= 0.6 is 0 Å². The molecule has 1 unspecified atom stereocenters. The Morgan fingerprint density at radius 2 is 1.71 bits per heavy atom. The van der Waals surface area contributed by atoms with E-state index in [0.717, 1.165) is 0 Å². The molecule has 7 nitrogen and oxygen atoms in total. The normalized spacial score (nSPS) is 15.3. The Balaban J connectivity index is 1.71. The predicted octanol–water partition coefficient (Wildman–Crippen LogP) is 4.35. The standard InChI is InChI=1S/C26H23FN2O5/c1-32-21-14-17(12-13-20(21)34-15-18-10-6-7-11-19(18)27)24-22(25(30)33-2)23(28-26(31)29-24)16-8-4-3-5-9-16/h3-14,24H,15H2,1-2H3,(H2,28,29,31). The van der Waals surface area contributed by atoms with Gasteiger partial charge >= 0.3 is 12.0 Å². The fraction of sp³-hybridized carbons (Fsp3) is 0.154. The van der Waals surface area contributed by atoms with Gasteiger partial charge in [-0.2, -0.15) is 0 Å². The van der Waals surface area contributed by atoms with Gasteiger partial charge in [0.15, 0.2) is 11.5 Å². The highest BCUT2D eigenvalue weighted by atomic mass is 19.1. The number of ether oxygens (including phenoxy) is 3. The van der Waals surface area contributed by atoms with E-state index in [1.807, 2.05) is 18.2 Å². The Labute approximate surface area is 196 Å². The molecule has 1 heterocycles. The zero-order valence-electron chi connectivity index (χ0n) is 18.6. The summed E-state index contributed by atoms with van der Waals surface area (Å²) in [6, 6.07) is 19.2. The molecule has 0 bridgehead atoms. The van der Waals surface area contributed by atoms with E-state index in [-0.39, 0.29) is 18.0 Å². The molecule has 2 amide bonds. The summed E-state index contributed by atoms with van der Waals surface area (Å²) in [5, 5.41) is 5.50. The van der Waals surface area contributed by atoms with Crippen molar-refractivity contribution in [2.45, 2.75) is 12.6 Å². The zero-order valence-corrected chi connectivity index (χ0v) is 18.6. The van der Waals surface area contributed by atoms with Gasteiger partial charge in [-0.15, -0.1) is 0 Å². The zero-order chi connectivity index (χ0) is 24.1. The van der Waals surface area contributed by atoms with Crippen molar-refractivity contribution < 1.29 is 28.2 Å². The Morgan fingerprint density at radius 1 is 0.971 bits per heavy atom. The number of urea groups is 1. The number of carbonyl (C=O) groups is 2. The monoisotopic (exact) mass is 462 g/mol. The number of halogens is 1. The number of amides is 2. The smallest absolute Gasteiger partial charge is 0.338 e. The van der Waals surface area contributed by atoms with Crippen LogP contribution in [-0.2, 0) is 16.1 Å². The van der Waals surface area contributed by atoms with Gasteiger partial charge in [0.25, 0.3) is 0 Å². The first-order valence-corrected chi connectivity index (χ1v) is 10.5. The van der Waals surface area contributed by atoms with E-state index in [1.54, 1.807) is 48.5 Å². The highest BCUT2D eigenvalue weighted by molar-refractivity contribution is 6.04. The summed E-state index contributed by atoms with van der Waals surface area (Å²) in [5.41, 5.74) is 2.26. The Morgan fingerprint density at radius 3 is 2.41 bits per heavy atom. The average Bonchev–Trinajstić information content (AvgIpc) is 2.87. The van der Waals surface area contributed by atoms with Gasteiger partial charge < -0.3 is 24.8 Å². The summed E-state index contributed by atoms with van der Waals surface area (Å²) in [4.78, 5) is 25.3. The topological polar surface area (TPSA) is 85.9 Å². The van der Waals surface area contributed by atoms with E-state index in [9.17, 15) is 14.0 Å². The van der Waals surface area contributed by atoms with Gasteiger partial charge in [-0.1, -0.05) is 54.6 Å². The Hall–Kier alpha value is -4.33. The van der Waals surface area contributed by atoms with Crippen molar-refractivity contribution >= 4 is 17.7 Å². The number of hydrogen-bond donors (Lipinski definition) is 2. The summed E-state index contributed by atoms with van der Waals surface area (Å²) in [7, 11) is 2.76. The molecule has 2 N–H and O–H groups in total. The number of nitrogens with one attached hydrogen (secondary N) is 2. The molecule has 1 aliphatic rings. The third-order valence-electron chi connectivity index (χ3n) is 5.40. The van der Waals surface area contributed by atoms with Crippen LogP contribution in [0.2, 0.25) is 0 Å². The van der Waals surface area contributed by atoms with Crippen molar-refractivity contribution in [3.8, 4) is 11.5 Å². The second kappa shape index (κ2) is 10.1. The molecule has 1 aliphatic heterocycles. The van der Waals surface area contributed by atoms with Gasteiger partial charge in [0, 0.05) is 5.56 Å². The van der Waals surface area contributed by atoms with E-state index in [1.165, 1.54) is 20.3 Å². The molecule has 34 heavy (non-hydrogen) atoms. The van der Waals surface area contributed by atoms with E-state index in [0.29, 0.717) is 33.9 Å². The van der Waals surface area contributed by atoms with E-state index < -0.39 is 18.0 Å². The van der Waals surface area contributed by atoms with Crippen LogP contribution in [0.3, 0.4) is 0 Å². The van der Waals surface area contributed by atoms with Crippen LogP contribution in [0.25, 0.3) is 5.70 Å². The van der Waals surface area contributed by atoms with E-state index in [2.05, 4.69) is 10.6 Å². The van der Waals surface area contributed by atoms with Gasteiger partial charge in [-0.25, -0.2) is 14.0 Å². The fourth-order valence-electron chi connectivity index (χ4n) is 3.73. The number of carbonyl (C=O) groups excluding carboxylic acids is 2. The maximum Gasteiger partial charge on any atom is 0.338 e. The minimum Gasteiger partial charge on any atom is -0.493 e. The molecule has 0 aliphatic carbocycles. The fourth-order valence-corrected chi connectivity index (χ4v) is 3.73. The van der Waals surface area contributed by atoms with Gasteiger partial charge in [0.1, 0.15) is 12.4 Å². The lowest BCUT2D eigenvalue weighted by Crippen LogP contribution is -2.45. The van der Waals surface area contributed by atoms with Crippen molar-refractivity contribution in [3.63, 3.8) is 0 Å². The number of benzene rings is 3. The summed E-state index contributed by atoms with van der Waals surface area (Å²) in [5.74, 6) is -0.194. The van der Waals surface area contributed by atoms with Crippen LogP contribution in [0.15, 0.2) is 78.4 Å². The van der Waals surface area contributed by atoms with E-state index in [4.69, 9.17) is 14.2 Å². The first-order chi connectivity index (χ1) is 16.5. The second-order valence-electron chi connectivity index (χ2n) is 7.47. The molecular formula is C26H23FN2O5. The summed E-state index contributed by atoms with van der Waals surface area (Å²) >= 11 is 0. The molecule has 0 saturated carbocycles. The molecule has 4 rings (SSSR count). The van der Waals surface area contributed by atoms with Gasteiger partial charge in [-0.05, 0) is 29.3 Å². The molecule has 3 aromatic carbocycles. The lowest BCUT2D eigenvalue weighted by molar-refractivity contribution is -0.136. The number of rotatable bonds is 7. The van der Waals surface area contributed by atoms with Crippen LogP contribution in [0, 0.1) is 5.82 Å². The molecule has 0 aromatic heterocycles. The predicted molar refractivity (Wildman–Crippen MR) is 124 cm³/mol. The SMILES string of the molecule is COC(=O)C1=C(c2ccccc2)NC(=O)NC1c1ccc(OCc2ccccc2F)c(OC)c1. The van der Waals surface area contributed by atoms with Crippen molar-refractivity contribution in [2.75, 3.05) is 14.2 Å². The van der Waals surface area contributed by atoms with Crippen LogP contribution in [0.4, 0.5) is 9.18 Å². The quantitative estimate of drug-likeness (QED) is 0.510. The molecule has 1 atom stereocenters. The first-order valence-electron chi connectivity index (χ1n) is 10.5. The first kappa shape index (κ1) is 22.8. The van der Waals surface area contributed by atoms with Gasteiger partial charge in [0.05, 0.1) is 31.5 Å². The number of esters is 1. The maximum atomic E-state index is 13.9. The van der Waals surface area contributed by atoms with Crippen LogP contribution in [0.5, 0.6) is 11.5 Å². The highest BCUT2D eigenvalue weighted by Crippen LogP contribution is 2.36. The van der Waals surface area contributed by atoms with Crippen LogP contribution < -0.4 is 20.1 Å². The van der Waals surface area contributed by atoms with Crippen molar-refractivity contribution in [3.05, 3.63) is 101 Å². The molecule has 0 radical (unpaired) electrons. The lowest BCUT2D eigenvalue weighted by atomic mass is 9.92. The second-order valence-corrected chi connectivity index (χ2v) is 7.47. The van der Waals surface area contributed by atoms with Crippen molar-refractivity contribution in [2.24, 2.45) is 0 Å². The van der Waals surface area contributed by atoms with Gasteiger partial charge in [-0.3, -0.25) is 0 Å². The lowest BCUT2D eigenvalue weighted by Gasteiger charge is -2.29.